The number of hydrogen-bond acceptors (Lipinski definition) is 5. The fraction of sp³-hybridized carbons (Fsp3) is 0.579. The third kappa shape index (κ3) is 6.36. The third-order valence-electron chi connectivity index (χ3n) is 4.08. The highest BCUT2D eigenvalue weighted by Crippen LogP contribution is 2.37. The second-order valence-corrected chi connectivity index (χ2v) is 8.19. The van der Waals surface area contributed by atoms with Gasteiger partial charge in [-0.2, -0.15) is 0 Å². The Hall–Kier alpha value is -1.47. The van der Waals surface area contributed by atoms with Crippen molar-refractivity contribution in [2.24, 2.45) is 10.8 Å². The lowest BCUT2D eigenvalue weighted by atomic mass is 9.86. The van der Waals surface area contributed by atoms with Gasteiger partial charge in [0.2, 0.25) is 0 Å². The number of halogens is 2. The van der Waals surface area contributed by atoms with Gasteiger partial charge >= 0.3 is 11.9 Å². The van der Waals surface area contributed by atoms with Gasteiger partial charge < -0.3 is 14.6 Å². The van der Waals surface area contributed by atoms with Crippen molar-refractivity contribution in [1.29, 1.82) is 0 Å². The molecule has 0 saturated carbocycles. The summed E-state index contributed by atoms with van der Waals surface area (Å²) in [7, 11) is 0. The van der Waals surface area contributed by atoms with Crippen molar-refractivity contribution < 1.29 is 28.6 Å². The zero-order valence-corrected chi connectivity index (χ0v) is 16.9. The van der Waals surface area contributed by atoms with Crippen LogP contribution in [0.2, 0.25) is 0 Å². The fourth-order valence-corrected chi connectivity index (χ4v) is 3.32. The van der Waals surface area contributed by atoms with E-state index in [1.807, 2.05) is 30.3 Å². The summed E-state index contributed by atoms with van der Waals surface area (Å²) in [6, 6.07) is 9.69. The van der Waals surface area contributed by atoms with E-state index >= 15 is 0 Å². The maximum Gasteiger partial charge on any atom is 0.317 e. The number of hydrogen-bond donors (Lipinski definition) is 1. The molecule has 5 nitrogen and oxygen atoms in total. The number of rotatable bonds is 10. The molecule has 0 aliphatic carbocycles. The molecule has 0 amide bonds. The second kappa shape index (κ2) is 10.0. The highest BCUT2D eigenvalue weighted by atomic mass is 79.9. The van der Waals surface area contributed by atoms with Crippen LogP contribution in [-0.2, 0) is 19.1 Å². The van der Waals surface area contributed by atoms with Crippen LogP contribution in [0.15, 0.2) is 30.3 Å². The van der Waals surface area contributed by atoms with Crippen LogP contribution in [-0.4, -0.2) is 43.5 Å². The summed E-state index contributed by atoms with van der Waals surface area (Å²) in [5, 5.41) is 9.47. The topological polar surface area (TPSA) is 72.8 Å². The van der Waals surface area contributed by atoms with E-state index in [1.54, 1.807) is 13.8 Å². The first-order chi connectivity index (χ1) is 12.2. The van der Waals surface area contributed by atoms with E-state index in [4.69, 9.17) is 9.47 Å². The summed E-state index contributed by atoms with van der Waals surface area (Å²) in [6.07, 6.45) is 0.484. The first kappa shape index (κ1) is 22.6. The molecule has 1 aromatic rings. The van der Waals surface area contributed by atoms with Gasteiger partial charge in [0.05, 0.1) is 12.0 Å². The number of ether oxygens (including phenoxy) is 2. The van der Waals surface area contributed by atoms with E-state index in [0.29, 0.717) is 6.42 Å². The van der Waals surface area contributed by atoms with Crippen LogP contribution in [0.3, 0.4) is 0 Å². The van der Waals surface area contributed by atoms with E-state index < -0.39 is 42.7 Å². The molecular formula is C19H26BrFO5. The molecule has 26 heavy (non-hydrogen) atoms. The molecule has 0 bridgehead atoms. The molecule has 0 heterocycles. The maximum atomic E-state index is 12.5. The number of carbonyl (C=O) groups is 2. The average Bonchev–Trinajstić information content (AvgIpc) is 2.63. The molecule has 0 radical (unpaired) electrons. The maximum absolute atomic E-state index is 12.5. The van der Waals surface area contributed by atoms with Gasteiger partial charge in [-0.15, -0.1) is 0 Å². The Morgan fingerprint density at radius 3 is 2.31 bits per heavy atom. The van der Waals surface area contributed by atoms with E-state index in [2.05, 4.69) is 15.9 Å². The Morgan fingerprint density at radius 2 is 1.77 bits per heavy atom. The minimum atomic E-state index is -1.42. The van der Waals surface area contributed by atoms with Gasteiger partial charge in [-0.25, -0.2) is 4.39 Å². The Morgan fingerprint density at radius 1 is 1.15 bits per heavy atom. The molecule has 1 aromatic carbocycles. The van der Waals surface area contributed by atoms with Gasteiger partial charge in [-0.05, 0) is 32.8 Å². The molecule has 0 spiro atoms. The normalized spacial score (nSPS) is 15.0. The van der Waals surface area contributed by atoms with Crippen LogP contribution in [0.5, 0.6) is 0 Å². The van der Waals surface area contributed by atoms with Crippen LogP contribution in [0.25, 0.3) is 0 Å². The standard InChI is InChI=1S/C19H26BrFO5/c1-18(2,11-15(20)14-7-5-4-6-8-14)16(23)26-13-19(3,12-22)17(24)25-10-9-21/h4-8,15,22H,9-13H2,1-3H3. The van der Waals surface area contributed by atoms with Crippen molar-refractivity contribution in [2.75, 3.05) is 26.5 Å². The summed E-state index contributed by atoms with van der Waals surface area (Å²) in [4.78, 5) is 24.4. The van der Waals surface area contributed by atoms with Crippen molar-refractivity contribution in [2.45, 2.75) is 32.0 Å². The lowest BCUT2D eigenvalue weighted by Crippen LogP contribution is -2.41. The van der Waals surface area contributed by atoms with Crippen LogP contribution in [0.1, 0.15) is 37.6 Å². The summed E-state index contributed by atoms with van der Waals surface area (Å²) < 4.78 is 22.1. The van der Waals surface area contributed by atoms with Gasteiger partial charge in [0.25, 0.3) is 0 Å². The molecule has 2 unspecified atom stereocenters. The molecule has 1 rings (SSSR count). The zero-order valence-electron chi connectivity index (χ0n) is 15.3. The van der Waals surface area contributed by atoms with E-state index in [-0.39, 0.29) is 11.4 Å². The molecule has 0 aliphatic heterocycles. The van der Waals surface area contributed by atoms with E-state index in [9.17, 15) is 19.1 Å². The Kier molecular flexibility index (Phi) is 8.70. The predicted octanol–water partition coefficient (Wildman–Crippen LogP) is 3.59. The van der Waals surface area contributed by atoms with E-state index in [0.717, 1.165) is 5.56 Å². The van der Waals surface area contributed by atoms with Gasteiger partial charge in [0, 0.05) is 4.83 Å². The Labute approximate surface area is 162 Å². The number of aliphatic hydroxyl groups is 1. The summed E-state index contributed by atoms with van der Waals surface area (Å²) in [5.74, 6) is -1.29. The number of benzene rings is 1. The van der Waals surface area contributed by atoms with Gasteiger partial charge in [-0.3, -0.25) is 9.59 Å². The van der Waals surface area contributed by atoms with Crippen LogP contribution in [0, 0.1) is 10.8 Å². The highest BCUT2D eigenvalue weighted by molar-refractivity contribution is 9.09. The predicted molar refractivity (Wildman–Crippen MR) is 99.6 cm³/mol. The lowest BCUT2D eigenvalue weighted by molar-refractivity contribution is -0.170. The van der Waals surface area contributed by atoms with Crippen LogP contribution >= 0.6 is 15.9 Å². The third-order valence-corrected chi connectivity index (χ3v) is 4.93. The van der Waals surface area contributed by atoms with Crippen molar-refractivity contribution in [1.82, 2.24) is 0 Å². The Bertz CT molecular complexity index is 593. The number of aliphatic hydroxyl groups excluding tert-OH is 1. The first-order valence-electron chi connectivity index (χ1n) is 8.36. The lowest BCUT2D eigenvalue weighted by Gasteiger charge is -2.29. The van der Waals surface area contributed by atoms with Crippen molar-refractivity contribution in [3.63, 3.8) is 0 Å². The van der Waals surface area contributed by atoms with Gasteiger partial charge in [-0.1, -0.05) is 46.3 Å². The Balaban J connectivity index is 2.67. The molecule has 1 N–H and O–H groups in total. The van der Waals surface area contributed by atoms with Crippen LogP contribution < -0.4 is 0 Å². The molecular weight excluding hydrogens is 407 g/mol. The largest absolute Gasteiger partial charge is 0.464 e. The highest BCUT2D eigenvalue weighted by Gasteiger charge is 2.39. The van der Waals surface area contributed by atoms with Crippen molar-refractivity contribution in [3.05, 3.63) is 35.9 Å². The monoisotopic (exact) mass is 432 g/mol. The van der Waals surface area contributed by atoms with Crippen molar-refractivity contribution >= 4 is 27.9 Å². The smallest absolute Gasteiger partial charge is 0.317 e. The van der Waals surface area contributed by atoms with E-state index in [1.165, 1.54) is 6.92 Å². The number of esters is 2. The van der Waals surface area contributed by atoms with Crippen molar-refractivity contribution in [3.8, 4) is 0 Å². The summed E-state index contributed by atoms with van der Waals surface area (Å²) in [5.41, 5.74) is -1.19. The molecule has 2 atom stereocenters. The molecule has 0 aromatic heterocycles. The molecule has 7 heteroatoms. The summed E-state index contributed by atoms with van der Waals surface area (Å²) in [6.45, 7) is 2.80. The van der Waals surface area contributed by atoms with Gasteiger partial charge in [0.1, 0.15) is 25.3 Å². The molecule has 0 aliphatic rings. The van der Waals surface area contributed by atoms with Crippen LogP contribution in [0.4, 0.5) is 4.39 Å². The molecule has 0 saturated heterocycles. The second-order valence-electron chi connectivity index (χ2n) is 7.09. The van der Waals surface area contributed by atoms with Gasteiger partial charge in [0.15, 0.2) is 0 Å². The zero-order chi connectivity index (χ0) is 19.8. The quantitative estimate of drug-likeness (QED) is 0.451. The minimum Gasteiger partial charge on any atom is -0.464 e. The first-order valence-corrected chi connectivity index (χ1v) is 9.28. The molecule has 0 fully saturated rings. The fourth-order valence-electron chi connectivity index (χ4n) is 2.21. The minimum absolute atomic E-state index is 0.0370. The number of alkyl halides is 2. The number of carbonyl (C=O) groups excluding carboxylic acids is 2. The SMILES string of the molecule is CC(C)(CC(Br)c1ccccc1)C(=O)OCC(C)(CO)C(=O)OCCF. The summed E-state index contributed by atoms with van der Waals surface area (Å²) >= 11 is 3.59. The average molecular weight is 433 g/mol. The molecule has 146 valence electrons.